The molecule has 2 heterocycles. The number of nitrogens with zero attached hydrogens (tertiary/aromatic N) is 2. The first kappa shape index (κ1) is 28.4. The molecule has 13 heteroatoms. The molecule has 0 bridgehead atoms. The van der Waals surface area contributed by atoms with Gasteiger partial charge in [0.25, 0.3) is 11.1 Å². The maximum Gasteiger partial charge on any atom is 0.293 e. The van der Waals surface area contributed by atoms with E-state index in [1.165, 1.54) is 22.5 Å². The van der Waals surface area contributed by atoms with Gasteiger partial charge >= 0.3 is 0 Å². The van der Waals surface area contributed by atoms with Crippen LogP contribution >= 0.6 is 35.0 Å². The second-order valence-corrected chi connectivity index (χ2v) is 12.3. The van der Waals surface area contributed by atoms with Crippen molar-refractivity contribution in [3.8, 4) is 5.75 Å². The third-order valence-electron chi connectivity index (χ3n) is 6.28. The summed E-state index contributed by atoms with van der Waals surface area (Å²) >= 11 is 12.9. The van der Waals surface area contributed by atoms with E-state index in [4.69, 9.17) is 27.9 Å². The Hall–Kier alpha value is -2.57. The average molecular weight is 599 g/mol. The molecule has 0 aromatic heterocycles. The molecule has 9 nitrogen and oxygen atoms in total. The molecule has 0 radical (unpaired) electrons. The number of hydrogen-bond donors (Lipinski definition) is 1. The second kappa shape index (κ2) is 12.1. The van der Waals surface area contributed by atoms with Crippen molar-refractivity contribution < 1.29 is 27.5 Å². The number of thioether (sulfide) groups is 1. The van der Waals surface area contributed by atoms with Crippen molar-refractivity contribution >= 4 is 68.1 Å². The van der Waals surface area contributed by atoms with E-state index < -0.39 is 21.2 Å². The van der Waals surface area contributed by atoms with E-state index in [9.17, 15) is 22.8 Å². The molecule has 2 fully saturated rings. The molecular formula is C25H25Cl2N3O6S2. The molecule has 2 aromatic carbocycles. The fourth-order valence-electron chi connectivity index (χ4n) is 4.16. The Balaban J connectivity index is 1.27. The quantitative estimate of drug-likeness (QED) is 0.452. The maximum atomic E-state index is 13.0. The van der Waals surface area contributed by atoms with Gasteiger partial charge in [-0.25, -0.2) is 8.42 Å². The summed E-state index contributed by atoms with van der Waals surface area (Å²) in [4.78, 5) is 39.1. The summed E-state index contributed by atoms with van der Waals surface area (Å²) in [6.45, 7) is 0.450. The topological polar surface area (TPSA) is 113 Å². The Bertz CT molecular complexity index is 1370. The molecule has 2 aromatic rings. The summed E-state index contributed by atoms with van der Waals surface area (Å²) in [6.07, 6.45) is 2.30. The number of hydrogen-bond acceptors (Lipinski definition) is 7. The van der Waals surface area contributed by atoms with Crippen LogP contribution in [-0.4, -0.2) is 68.0 Å². The van der Waals surface area contributed by atoms with Gasteiger partial charge < -0.3 is 10.1 Å². The van der Waals surface area contributed by atoms with E-state index >= 15 is 0 Å². The molecule has 0 spiro atoms. The number of ether oxygens (including phenoxy) is 1. The largest absolute Gasteiger partial charge is 0.497 e. The summed E-state index contributed by atoms with van der Waals surface area (Å²) in [5, 5.41) is 2.49. The number of halogens is 2. The SMILES string of the molecule is COc1ccc(/C=C2/SC(=O)N(CCNC(=O)C3CCN(S(=O)(=O)c4cccc(Cl)c4Cl)CC3)C2=O)cc1. The van der Waals surface area contributed by atoms with E-state index in [-0.39, 0.29) is 52.9 Å². The summed E-state index contributed by atoms with van der Waals surface area (Å²) in [6, 6.07) is 11.5. The van der Waals surface area contributed by atoms with Gasteiger partial charge in [0.15, 0.2) is 0 Å². The minimum absolute atomic E-state index is 0.0276. The van der Waals surface area contributed by atoms with Crippen LogP contribution in [0.5, 0.6) is 5.75 Å². The fourth-order valence-corrected chi connectivity index (χ4v) is 7.23. The van der Waals surface area contributed by atoms with E-state index in [2.05, 4.69) is 5.32 Å². The number of methoxy groups -OCH3 is 1. The lowest BCUT2D eigenvalue weighted by Crippen LogP contribution is -2.44. The third kappa shape index (κ3) is 6.18. The number of imide groups is 1. The Labute approximate surface area is 235 Å². The highest BCUT2D eigenvalue weighted by atomic mass is 35.5. The number of benzene rings is 2. The van der Waals surface area contributed by atoms with Gasteiger partial charge in [0.2, 0.25) is 15.9 Å². The molecule has 2 aliphatic heterocycles. The molecular weight excluding hydrogens is 573 g/mol. The molecule has 0 atom stereocenters. The molecule has 4 rings (SSSR count). The van der Waals surface area contributed by atoms with Crippen LogP contribution in [0.15, 0.2) is 52.3 Å². The van der Waals surface area contributed by atoms with Gasteiger partial charge in [0, 0.05) is 32.1 Å². The first-order valence-electron chi connectivity index (χ1n) is 11.7. The van der Waals surface area contributed by atoms with E-state index in [0.29, 0.717) is 23.5 Å². The summed E-state index contributed by atoms with van der Waals surface area (Å²) < 4.78 is 32.4. The third-order valence-corrected chi connectivity index (χ3v) is 10.1. The summed E-state index contributed by atoms with van der Waals surface area (Å²) in [5.74, 6) is -0.364. The monoisotopic (exact) mass is 597 g/mol. The minimum atomic E-state index is -3.85. The van der Waals surface area contributed by atoms with Crippen LogP contribution in [0.3, 0.4) is 0 Å². The number of carbonyl (C=O) groups is 3. The van der Waals surface area contributed by atoms with Crippen molar-refractivity contribution in [1.29, 1.82) is 0 Å². The lowest BCUT2D eigenvalue weighted by Gasteiger charge is -2.31. The highest BCUT2D eigenvalue weighted by Crippen LogP contribution is 2.33. The van der Waals surface area contributed by atoms with Crippen molar-refractivity contribution in [3.63, 3.8) is 0 Å². The van der Waals surface area contributed by atoms with E-state index in [0.717, 1.165) is 22.2 Å². The molecule has 38 heavy (non-hydrogen) atoms. The zero-order valence-corrected chi connectivity index (χ0v) is 23.5. The molecule has 0 unspecified atom stereocenters. The average Bonchev–Trinajstić information content (AvgIpc) is 3.17. The molecule has 2 aliphatic rings. The van der Waals surface area contributed by atoms with E-state index in [1.807, 2.05) is 0 Å². The van der Waals surface area contributed by atoms with E-state index in [1.54, 1.807) is 37.5 Å². The minimum Gasteiger partial charge on any atom is -0.497 e. The lowest BCUT2D eigenvalue weighted by atomic mass is 9.97. The molecule has 202 valence electrons. The predicted molar refractivity (Wildman–Crippen MR) is 147 cm³/mol. The number of carbonyl (C=O) groups excluding carboxylic acids is 3. The van der Waals surface area contributed by atoms with Crippen LogP contribution in [-0.2, 0) is 19.6 Å². The zero-order chi connectivity index (χ0) is 27.4. The molecule has 2 saturated heterocycles. The van der Waals surface area contributed by atoms with Crippen LogP contribution in [0.2, 0.25) is 10.0 Å². The number of sulfonamides is 1. The van der Waals surface area contributed by atoms with Gasteiger partial charge in [-0.3, -0.25) is 19.3 Å². The Morgan fingerprint density at radius 1 is 1.13 bits per heavy atom. The van der Waals surface area contributed by atoms with Crippen molar-refractivity contribution in [3.05, 3.63) is 63.0 Å². The lowest BCUT2D eigenvalue weighted by molar-refractivity contribution is -0.127. The van der Waals surface area contributed by atoms with Crippen LogP contribution in [0.25, 0.3) is 6.08 Å². The van der Waals surface area contributed by atoms with Gasteiger partial charge in [-0.1, -0.05) is 41.4 Å². The highest BCUT2D eigenvalue weighted by molar-refractivity contribution is 8.18. The fraction of sp³-hybridized carbons (Fsp3) is 0.320. The standard InChI is InChI=1S/C25H25Cl2N3O6S2/c1-36-18-7-5-16(6-8-18)15-20-24(32)30(25(33)37-20)14-11-28-23(31)17-9-12-29(13-10-17)38(34,35)21-4-2-3-19(26)22(21)27/h2-8,15,17H,9-14H2,1H3,(H,28,31)/b20-15+. The number of nitrogens with one attached hydrogen (secondary N) is 1. The predicted octanol–water partition coefficient (Wildman–Crippen LogP) is 4.26. The maximum absolute atomic E-state index is 13.0. The van der Waals surface area contributed by atoms with Crippen molar-refractivity contribution in [1.82, 2.24) is 14.5 Å². The van der Waals surface area contributed by atoms with Gasteiger partial charge in [-0.05, 0) is 60.5 Å². The second-order valence-electron chi connectivity index (χ2n) is 8.63. The number of amides is 3. The van der Waals surface area contributed by atoms with Gasteiger partial charge in [0.05, 0.1) is 22.1 Å². The van der Waals surface area contributed by atoms with Crippen molar-refractivity contribution in [2.24, 2.45) is 5.92 Å². The van der Waals surface area contributed by atoms with Gasteiger partial charge in [0.1, 0.15) is 10.6 Å². The normalized spacial score (nSPS) is 18.3. The van der Waals surface area contributed by atoms with Crippen LogP contribution in [0, 0.1) is 5.92 Å². The van der Waals surface area contributed by atoms with Crippen molar-refractivity contribution in [2.45, 2.75) is 17.7 Å². The molecule has 0 saturated carbocycles. The Morgan fingerprint density at radius 2 is 1.82 bits per heavy atom. The van der Waals surface area contributed by atoms with Crippen LogP contribution < -0.4 is 10.1 Å². The van der Waals surface area contributed by atoms with Crippen molar-refractivity contribution in [2.75, 3.05) is 33.3 Å². The first-order chi connectivity index (χ1) is 18.1. The Morgan fingerprint density at radius 3 is 2.47 bits per heavy atom. The number of piperidine rings is 1. The smallest absolute Gasteiger partial charge is 0.293 e. The van der Waals surface area contributed by atoms with Gasteiger partial charge in [-0.15, -0.1) is 0 Å². The van der Waals surface area contributed by atoms with Crippen LogP contribution in [0.4, 0.5) is 4.79 Å². The summed E-state index contributed by atoms with van der Waals surface area (Å²) in [5.41, 5.74) is 0.760. The first-order valence-corrected chi connectivity index (χ1v) is 14.7. The Kier molecular flexibility index (Phi) is 9.04. The molecule has 1 N–H and O–H groups in total. The number of rotatable bonds is 8. The highest BCUT2D eigenvalue weighted by Gasteiger charge is 2.36. The van der Waals surface area contributed by atoms with Gasteiger partial charge in [-0.2, -0.15) is 4.31 Å². The van der Waals surface area contributed by atoms with Crippen LogP contribution in [0.1, 0.15) is 18.4 Å². The summed E-state index contributed by atoms with van der Waals surface area (Å²) in [7, 11) is -2.29. The molecule has 3 amide bonds. The zero-order valence-electron chi connectivity index (χ0n) is 20.4. The molecule has 0 aliphatic carbocycles.